The Kier molecular flexibility index (Phi) is 5.65. The summed E-state index contributed by atoms with van der Waals surface area (Å²) in [4.78, 5) is 49.6. The molecule has 5 rings (SSSR count). The fourth-order valence-corrected chi connectivity index (χ4v) is 3.97. The number of hydrogen-bond acceptors (Lipinski definition) is 5. The standard InChI is InChI=1S/C26H19ClN2O5/c1-15-2-4-16(5-3-15)25(31)21-12-29(13-24(30)28-19-8-6-18(27)7-9-19)22-10-17-14-33-34-23(17)11-20(22)26(21)32/h2-12H,13-14H2,1H3,(H,28,30). The molecule has 0 spiro atoms. The zero-order valence-electron chi connectivity index (χ0n) is 18.1. The maximum Gasteiger partial charge on any atom is 0.244 e. The van der Waals surface area contributed by atoms with Gasteiger partial charge in [-0.05, 0) is 43.3 Å². The van der Waals surface area contributed by atoms with Crippen LogP contribution in [0.2, 0.25) is 5.02 Å². The van der Waals surface area contributed by atoms with E-state index in [0.29, 0.717) is 27.5 Å². The summed E-state index contributed by atoms with van der Waals surface area (Å²) in [6, 6.07) is 17.0. The summed E-state index contributed by atoms with van der Waals surface area (Å²) in [6.07, 6.45) is 1.44. The minimum atomic E-state index is -0.437. The van der Waals surface area contributed by atoms with Crippen LogP contribution in [0.15, 0.2) is 71.7 Å². The van der Waals surface area contributed by atoms with Gasteiger partial charge < -0.3 is 14.8 Å². The molecule has 0 bridgehead atoms. The Morgan fingerprint density at radius 3 is 2.53 bits per heavy atom. The number of aromatic nitrogens is 1. The summed E-state index contributed by atoms with van der Waals surface area (Å²) >= 11 is 5.91. The normalized spacial score (nSPS) is 12.3. The molecule has 0 atom stereocenters. The average Bonchev–Trinajstić information content (AvgIpc) is 3.29. The second-order valence-corrected chi connectivity index (χ2v) is 8.51. The number of nitrogens with zero attached hydrogens (tertiary/aromatic N) is 1. The Morgan fingerprint density at radius 2 is 1.79 bits per heavy atom. The monoisotopic (exact) mass is 474 g/mol. The van der Waals surface area contributed by atoms with Gasteiger partial charge in [0, 0.05) is 28.0 Å². The lowest BCUT2D eigenvalue weighted by Crippen LogP contribution is -2.24. The van der Waals surface area contributed by atoms with E-state index in [-0.39, 0.29) is 30.0 Å². The first-order valence-electron chi connectivity index (χ1n) is 10.6. The third kappa shape index (κ3) is 4.19. The Bertz CT molecular complexity index is 1490. The van der Waals surface area contributed by atoms with Crippen molar-refractivity contribution in [3.8, 4) is 5.75 Å². The van der Waals surface area contributed by atoms with Gasteiger partial charge in [-0.3, -0.25) is 14.4 Å². The number of ketones is 1. The van der Waals surface area contributed by atoms with Gasteiger partial charge in [-0.1, -0.05) is 41.4 Å². The van der Waals surface area contributed by atoms with Crippen LogP contribution < -0.4 is 15.6 Å². The number of benzene rings is 3. The van der Waals surface area contributed by atoms with Crippen LogP contribution in [-0.2, 0) is 22.8 Å². The summed E-state index contributed by atoms with van der Waals surface area (Å²) in [6.45, 7) is 2.02. The lowest BCUT2D eigenvalue weighted by Gasteiger charge is -2.14. The number of anilines is 1. The molecule has 8 heteroatoms. The highest BCUT2D eigenvalue weighted by molar-refractivity contribution is 6.30. The highest BCUT2D eigenvalue weighted by Gasteiger charge is 2.22. The second kappa shape index (κ2) is 8.78. The van der Waals surface area contributed by atoms with Crippen LogP contribution in [0.4, 0.5) is 5.69 Å². The SMILES string of the molecule is Cc1ccc(C(=O)c2cn(CC(=O)Nc3ccc(Cl)cc3)c3cc4c(cc3c2=O)OOC4)cc1. The molecule has 0 radical (unpaired) electrons. The zero-order valence-corrected chi connectivity index (χ0v) is 18.9. The highest BCUT2D eigenvalue weighted by atomic mass is 35.5. The van der Waals surface area contributed by atoms with Gasteiger partial charge in [0.05, 0.1) is 16.5 Å². The summed E-state index contributed by atoms with van der Waals surface area (Å²) in [5.41, 5.74) is 2.75. The molecule has 0 aliphatic carbocycles. The fourth-order valence-electron chi connectivity index (χ4n) is 3.85. The quantitative estimate of drug-likeness (QED) is 0.336. The predicted molar refractivity (Wildman–Crippen MR) is 128 cm³/mol. The van der Waals surface area contributed by atoms with Crippen LogP contribution in [0.5, 0.6) is 5.75 Å². The second-order valence-electron chi connectivity index (χ2n) is 8.07. The summed E-state index contributed by atoms with van der Waals surface area (Å²) in [5, 5.41) is 3.63. The van der Waals surface area contributed by atoms with Crippen molar-refractivity contribution in [2.75, 3.05) is 5.32 Å². The number of aryl methyl sites for hydroxylation is 1. The Hall–Kier alpha value is -3.94. The fraction of sp³-hybridized carbons (Fsp3) is 0.115. The van der Waals surface area contributed by atoms with Gasteiger partial charge in [0.2, 0.25) is 11.3 Å². The van der Waals surface area contributed by atoms with Crippen molar-refractivity contribution >= 4 is 39.9 Å². The van der Waals surface area contributed by atoms with E-state index in [1.807, 2.05) is 19.1 Å². The summed E-state index contributed by atoms with van der Waals surface area (Å²) < 4.78 is 1.60. The highest BCUT2D eigenvalue weighted by Crippen LogP contribution is 2.30. The van der Waals surface area contributed by atoms with Crippen molar-refractivity contribution in [3.05, 3.63) is 104 Å². The Morgan fingerprint density at radius 1 is 1.06 bits per heavy atom. The molecule has 1 aromatic heterocycles. The van der Waals surface area contributed by atoms with Gasteiger partial charge in [-0.2, -0.15) is 4.89 Å². The van der Waals surface area contributed by atoms with Gasteiger partial charge in [-0.25, -0.2) is 0 Å². The molecular weight excluding hydrogens is 456 g/mol. The molecule has 170 valence electrons. The first kappa shape index (κ1) is 21.9. The largest absolute Gasteiger partial charge is 0.337 e. The molecule has 1 aliphatic heterocycles. The van der Waals surface area contributed by atoms with Crippen LogP contribution >= 0.6 is 11.6 Å². The molecule has 1 N–H and O–H groups in total. The number of hydrogen-bond donors (Lipinski definition) is 1. The van der Waals surface area contributed by atoms with Crippen LogP contribution in [0.1, 0.15) is 27.0 Å². The number of pyridine rings is 1. The molecule has 0 saturated carbocycles. The molecule has 0 saturated heterocycles. The van der Waals surface area contributed by atoms with Crippen LogP contribution in [0.25, 0.3) is 10.9 Å². The number of amides is 1. The third-order valence-electron chi connectivity index (χ3n) is 5.63. The number of carbonyl (C=O) groups excluding carboxylic acids is 2. The van der Waals surface area contributed by atoms with Crippen molar-refractivity contribution in [2.24, 2.45) is 0 Å². The predicted octanol–water partition coefficient (Wildman–Crippen LogP) is 4.66. The minimum Gasteiger partial charge on any atom is -0.337 e. The van der Waals surface area contributed by atoms with Gasteiger partial charge in [0.1, 0.15) is 13.2 Å². The van der Waals surface area contributed by atoms with Crippen LogP contribution in [-0.4, -0.2) is 16.3 Å². The molecule has 1 amide bonds. The summed E-state index contributed by atoms with van der Waals surface area (Å²) in [7, 11) is 0. The van der Waals surface area contributed by atoms with E-state index >= 15 is 0 Å². The lowest BCUT2D eigenvalue weighted by atomic mass is 10.0. The van der Waals surface area contributed by atoms with Gasteiger partial charge in [0.15, 0.2) is 11.5 Å². The van der Waals surface area contributed by atoms with Crippen molar-refractivity contribution in [2.45, 2.75) is 20.1 Å². The topological polar surface area (TPSA) is 86.6 Å². The van der Waals surface area contributed by atoms with E-state index < -0.39 is 11.2 Å². The number of rotatable bonds is 5. The molecule has 34 heavy (non-hydrogen) atoms. The Labute approximate surface area is 199 Å². The molecule has 4 aromatic rings. The maximum absolute atomic E-state index is 13.3. The first-order chi connectivity index (χ1) is 16.4. The van der Waals surface area contributed by atoms with E-state index in [1.165, 1.54) is 6.20 Å². The molecule has 0 unspecified atom stereocenters. The molecular formula is C26H19ClN2O5. The maximum atomic E-state index is 13.3. The zero-order chi connectivity index (χ0) is 23.8. The van der Waals surface area contributed by atoms with Gasteiger partial charge in [0.25, 0.3) is 0 Å². The summed E-state index contributed by atoms with van der Waals surface area (Å²) in [5.74, 6) is -0.327. The number of halogens is 1. The number of fused-ring (bicyclic) bond motifs is 2. The van der Waals surface area contributed by atoms with E-state index in [9.17, 15) is 14.4 Å². The van der Waals surface area contributed by atoms with Crippen molar-refractivity contribution in [1.29, 1.82) is 0 Å². The minimum absolute atomic E-state index is 0.0329. The average molecular weight is 475 g/mol. The van der Waals surface area contributed by atoms with E-state index in [2.05, 4.69) is 5.32 Å². The third-order valence-corrected chi connectivity index (χ3v) is 5.88. The number of carbonyl (C=O) groups is 2. The molecule has 1 aliphatic rings. The van der Waals surface area contributed by atoms with Crippen LogP contribution in [0.3, 0.4) is 0 Å². The van der Waals surface area contributed by atoms with Crippen molar-refractivity contribution in [3.63, 3.8) is 0 Å². The van der Waals surface area contributed by atoms with E-state index in [1.54, 1.807) is 53.1 Å². The molecule has 3 aromatic carbocycles. The number of nitrogens with one attached hydrogen (secondary N) is 1. The van der Waals surface area contributed by atoms with Gasteiger partial charge >= 0.3 is 0 Å². The van der Waals surface area contributed by atoms with Crippen molar-refractivity contribution < 1.29 is 19.4 Å². The van der Waals surface area contributed by atoms with Crippen molar-refractivity contribution in [1.82, 2.24) is 4.57 Å². The van der Waals surface area contributed by atoms with E-state index in [0.717, 1.165) is 11.1 Å². The Balaban J connectivity index is 1.58. The van der Waals surface area contributed by atoms with E-state index in [4.69, 9.17) is 21.4 Å². The molecule has 2 heterocycles. The molecule has 7 nitrogen and oxygen atoms in total. The lowest BCUT2D eigenvalue weighted by molar-refractivity contribution is -0.194. The van der Waals surface area contributed by atoms with Crippen LogP contribution in [0, 0.1) is 6.92 Å². The van der Waals surface area contributed by atoms with Gasteiger partial charge in [-0.15, -0.1) is 0 Å². The smallest absolute Gasteiger partial charge is 0.244 e. The first-order valence-corrected chi connectivity index (χ1v) is 10.9. The molecule has 0 fully saturated rings.